The van der Waals surface area contributed by atoms with Crippen LogP contribution in [-0.2, 0) is 24.7 Å². The summed E-state index contributed by atoms with van der Waals surface area (Å²) in [5.41, 5.74) is -8.19. The first-order valence-electron chi connectivity index (χ1n) is 8.63. The van der Waals surface area contributed by atoms with E-state index in [-0.39, 0.29) is 27.6 Å². The molecular formula is C19H7F12N2Se. The quantitative estimate of drug-likeness (QED) is 0.286. The van der Waals surface area contributed by atoms with E-state index in [0.717, 1.165) is 0 Å². The second-order valence-corrected chi connectivity index (χ2v) is 7.70. The average molecular weight is 570 g/mol. The van der Waals surface area contributed by atoms with Crippen molar-refractivity contribution in [3.05, 3.63) is 64.0 Å². The van der Waals surface area contributed by atoms with Crippen LogP contribution in [0.2, 0.25) is 0 Å². The first-order chi connectivity index (χ1) is 15.3. The Bertz CT molecular complexity index is 1170. The zero-order valence-corrected chi connectivity index (χ0v) is 17.6. The Hall–Kier alpha value is -2.67. The van der Waals surface area contributed by atoms with Crippen molar-refractivity contribution < 1.29 is 52.7 Å². The Kier molecular flexibility index (Phi) is 6.27. The summed E-state index contributed by atoms with van der Waals surface area (Å²) in [4.78, 5) is 3.62. The second kappa shape index (κ2) is 8.22. The molecule has 0 aromatic heterocycles. The van der Waals surface area contributed by atoms with Crippen LogP contribution in [0.15, 0.2) is 41.4 Å². The van der Waals surface area contributed by atoms with Gasteiger partial charge in [0.05, 0.1) is 0 Å². The third kappa shape index (κ3) is 5.87. The van der Waals surface area contributed by atoms with E-state index in [2.05, 4.69) is 26.3 Å². The van der Waals surface area contributed by atoms with Gasteiger partial charge in [-0.3, -0.25) is 0 Å². The molecule has 0 atom stereocenters. The summed E-state index contributed by atoms with van der Waals surface area (Å²) < 4.78 is 156. The van der Waals surface area contributed by atoms with E-state index in [0.29, 0.717) is 24.3 Å². The molecule has 0 fully saturated rings. The van der Waals surface area contributed by atoms with Gasteiger partial charge in [-0.2, -0.15) is 0 Å². The zero-order chi connectivity index (χ0) is 25.9. The molecule has 3 aromatic carbocycles. The molecule has 3 rings (SSSR count). The number of nitrogens with one attached hydrogen (secondary N) is 1. The molecule has 2 nitrogen and oxygen atoms in total. The van der Waals surface area contributed by atoms with Gasteiger partial charge < -0.3 is 0 Å². The van der Waals surface area contributed by atoms with Crippen molar-refractivity contribution in [2.45, 2.75) is 24.7 Å². The number of halogens is 12. The molecule has 1 radical (unpaired) electrons. The van der Waals surface area contributed by atoms with Crippen LogP contribution in [0.1, 0.15) is 22.3 Å². The Morgan fingerprint density at radius 2 is 0.912 bits per heavy atom. The molecule has 0 amide bonds. The normalized spacial score (nSPS) is 14.2. The first-order valence-corrected chi connectivity index (χ1v) is 9.49. The molecular weight excluding hydrogens is 563 g/mol. The number of rotatable bonds is 3. The maximum atomic E-state index is 13.0. The van der Waals surface area contributed by atoms with Crippen molar-refractivity contribution in [3.8, 4) is 0 Å². The molecule has 1 N–H and O–H groups in total. The molecule has 0 saturated heterocycles. The van der Waals surface area contributed by atoms with E-state index in [1.54, 1.807) is 0 Å². The SMILES string of the molecule is FC(F)(F)c1cc(N=c2c([Se])c2Nc2cc(C(F)(F)F)cc(C(F)(F)F)c2)cc(C(F)(F)F)c1. The van der Waals surface area contributed by atoms with Crippen LogP contribution in [0.4, 0.5) is 69.7 Å². The van der Waals surface area contributed by atoms with Crippen LogP contribution < -0.4 is 15.1 Å². The Morgan fingerprint density at radius 1 is 0.559 bits per heavy atom. The van der Waals surface area contributed by atoms with E-state index < -0.39 is 58.3 Å². The van der Waals surface area contributed by atoms with E-state index in [1.165, 1.54) is 0 Å². The fourth-order valence-corrected chi connectivity index (χ4v) is 3.20. The van der Waals surface area contributed by atoms with Gasteiger partial charge in [0, 0.05) is 0 Å². The monoisotopic (exact) mass is 571 g/mol. The fourth-order valence-electron chi connectivity index (χ4n) is 2.69. The number of alkyl halides is 12. The molecule has 0 aliphatic heterocycles. The molecule has 0 aliphatic carbocycles. The standard InChI is InChI=1S/C19H7F12N2Se/c20-16(21,22)7-1-8(17(23,24)25)4-11(3-7)32-13-14(15(13)34)33-12-5-9(18(26,27)28)2-10(6-12)19(29,30)31/h1-6,32H. The molecule has 0 unspecified atom stereocenters. The Labute approximate surface area is 189 Å². The van der Waals surface area contributed by atoms with Crippen molar-refractivity contribution in [2.75, 3.05) is 5.32 Å². The molecule has 0 heterocycles. The van der Waals surface area contributed by atoms with Crippen LogP contribution in [0.3, 0.4) is 0 Å². The van der Waals surface area contributed by atoms with Crippen molar-refractivity contribution in [2.24, 2.45) is 4.99 Å². The maximum absolute atomic E-state index is 13.0. The molecule has 15 heteroatoms. The molecule has 183 valence electrons. The van der Waals surface area contributed by atoms with Crippen LogP contribution in [-0.4, -0.2) is 16.0 Å². The Morgan fingerprint density at radius 3 is 1.26 bits per heavy atom. The summed E-state index contributed by atoms with van der Waals surface area (Å²) in [5.74, 6) is 0. The van der Waals surface area contributed by atoms with Gasteiger partial charge in [0.15, 0.2) is 0 Å². The van der Waals surface area contributed by atoms with E-state index >= 15 is 0 Å². The summed E-state index contributed by atoms with van der Waals surface area (Å²) in [6, 6.07) is 1.12. The van der Waals surface area contributed by atoms with E-state index in [4.69, 9.17) is 0 Å². The van der Waals surface area contributed by atoms with Crippen molar-refractivity contribution in [3.63, 3.8) is 0 Å². The molecule has 0 spiro atoms. The number of nitrogens with zero attached hydrogens (tertiary/aromatic N) is 1. The Balaban J connectivity index is 2.03. The first kappa shape index (κ1) is 25.9. The minimum absolute atomic E-state index is 0.00283. The molecule has 3 aromatic rings. The average Bonchev–Trinajstić information content (AvgIpc) is 3.25. The van der Waals surface area contributed by atoms with Gasteiger partial charge in [-0.25, -0.2) is 0 Å². The van der Waals surface area contributed by atoms with Crippen LogP contribution in [0.25, 0.3) is 0 Å². The third-order valence-electron chi connectivity index (χ3n) is 4.29. The third-order valence-corrected chi connectivity index (χ3v) is 5.12. The number of anilines is 2. The topological polar surface area (TPSA) is 24.4 Å². The van der Waals surface area contributed by atoms with Crippen LogP contribution >= 0.6 is 0 Å². The van der Waals surface area contributed by atoms with Crippen molar-refractivity contribution in [1.82, 2.24) is 0 Å². The summed E-state index contributed by atoms with van der Waals surface area (Å²) >= 11 is 2.33. The molecule has 0 saturated carbocycles. The van der Waals surface area contributed by atoms with Gasteiger partial charge in [-0.05, 0) is 0 Å². The van der Waals surface area contributed by atoms with Crippen LogP contribution in [0, 0.1) is 0 Å². The number of benzene rings is 2. The second-order valence-electron chi connectivity index (χ2n) is 6.85. The molecule has 0 aliphatic rings. The van der Waals surface area contributed by atoms with Crippen LogP contribution in [0.5, 0.6) is 0 Å². The van der Waals surface area contributed by atoms with Gasteiger partial charge in [0.25, 0.3) is 0 Å². The molecule has 34 heavy (non-hydrogen) atoms. The van der Waals surface area contributed by atoms with E-state index in [1.807, 2.05) is 0 Å². The van der Waals surface area contributed by atoms with Gasteiger partial charge in [0.2, 0.25) is 0 Å². The summed E-state index contributed by atoms with van der Waals surface area (Å²) in [6.07, 6.45) is -20.5. The van der Waals surface area contributed by atoms with Gasteiger partial charge >= 0.3 is 189 Å². The zero-order valence-electron chi connectivity index (χ0n) is 15.9. The minimum atomic E-state index is -5.14. The summed E-state index contributed by atoms with van der Waals surface area (Å²) in [7, 11) is 0. The predicted molar refractivity (Wildman–Crippen MR) is 95.6 cm³/mol. The van der Waals surface area contributed by atoms with Gasteiger partial charge in [-0.15, -0.1) is 0 Å². The number of hydrogen-bond acceptors (Lipinski definition) is 2. The van der Waals surface area contributed by atoms with E-state index in [9.17, 15) is 52.7 Å². The summed E-state index contributed by atoms with van der Waals surface area (Å²) in [6.45, 7) is 0. The van der Waals surface area contributed by atoms with Gasteiger partial charge in [0.1, 0.15) is 0 Å². The van der Waals surface area contributed by atoms with Crippen molar-refractivity contribution in [1.29, 1.82) is 0 Å². The predicted octanol–water partition coefficient (Wildman–Crippen LogP) is 6.41. The van der Waals surface area contributed by atoms with Gasteiger partial charge in [-0.1, -0.05) is 0 Å². The molecule has 0 bridgehead atoms. The fraction of sp³-hybridized carbons (Fsp3) is 0.211. The number of hydrogen-bond donors (Lipinski definition) is 1. The summed E-state index contributed by atoms with van der Waals surface area (Å²) in [5, 5.41) is 1.96. The van der Waals surface area contributed by atoms with Crippen molar-refractivity contribution >= 4 is 37.5 Å².